The van der Waals surface area contributed by atoms with Crippen molar-refractivity contribution in [3.05, 3.63) is 35.9 Å². The molecule has 1 amide bonds. The molecule has 0 fully saturated rings. The van der Waals surface area contributed by atoms with Crippen LogP contribution in [0.25, 0.3) is 15.5 Å². The molecule has 0 aliphatic carbocycles. The average molecular weight is 291 g/mol. The van der Waals surface area contributed by atoms with Crippen molar-refractivity contribution in [3.8, 4) is 10.6 Å². The van der Waals surface area contributed by atoms with Gasteiger partial charge in [0.05, 0.1) is 0 Å². The Labute approximate surface area is 117 Å². The monoisotopic (exact) mass is 291 g/mol. The zero-order valence-electron chi connectivity index (χ0n) is 10.7. The molecule has 8 heteroatoms. The second-order valence-electron chi connectivity index (χ2n) is 4.33. The Hall–Kier alpha value is -2.35. The third-order valence-corrected chi connectivity index (χ3v) is 3.63. The average Bonchev–Trinajstić information content (AvgIpc) is 2.98. The first-order chi connectivity index (χ1) is 9.56. The fraction of sp³-hybridized carbons (Fsp3) is 0.167. The summed E-state index contributed by atoms with van der Waals surface area (Å²) in [6.45, 7) is 0. The molecule has 3 rings (SSSR count). The van der Waals surface area contributed by atoms with E-state index in [9.17, 15) is 9.18 Å². The van der Waals surface area contributed by atoms with E-state index in [1.165, 1.54) is 32.9 Å². The SMILES string of the molecule is CN(C)C(=O)c1nnc2sc(-c3ccc(F)cc3)nn12. The van der Waals surface area contributed by atoms with E-state index >= 15 is 0 Å². The van der Waals surface area contributed by atoms with Crippen molar-refractivity contribution in [1.29, 1.82) is 0 Å². The molecule has 3 aromatic rings. The molecule has 0 atom stereocenters. The van der Waals surface area contributed by atoms with Crippen molar-refractivity contribution in [3.63, 3.8) is 0 Å². The summed E-state index contributed by atoms with van der Waals surface area (Å²) < 4.78 is 14.3. The summed E-state index contributed by atoms with van der Waals surface area (Å²) in [5.74, 6) is -0.414. The van der Waals surface area contributed by atoms with Gasteiger partial charge in [-0.2, -0.15) is 9.61 Å². The molecule has 0 saturated heterocycles. The van der Waals surface area contributed by atoms with Gasteiger partial charge in [-0.15, -0.1) is 10.2 Å². The van der Waals surface area contributed by atoms with Crippen molar-refractivity contribution in [2.75, 3.05) is 14.1 Å². The van der Waals surface area contributed by atoms with E-state index in [0.29, 0.717) is 9.97 Å². The number of nitrogens with zero attached hydrogens (tertiary/aromatic N) is 5. The molecular weight excluding hydrogens is 281 g/mol. The first kappa shape index (κ1) is 12.7. The van der Waals surface area contributed by atoms with Gasteiger partial charge >= 0.3 is 0 Å². The van der Waals surface area contributed by atoms with E-state index < -0.39 is 0 Å². The Balaban J connectivity index is 2.07. The summed E-state index contributed by atoms with van der Waals surface area (Å²) in [5.41, 5.74) is 0.769. The lowest BCUT2D eigenvalue weighted by atomic mass is 10.2. The number of rotatable bonds is 2. The molecule has 0 aliphatic heterocycles. The van der Waals surface area contributed by atoms with Gasteiger partial charge in [-0.1, -0.05) is 11.3 Å². The van der Waals surface area contributed by atoms with Crippen LogP contribution in [-0.2, 0) is 0 Å². The summed E-state index contributed by atoms with van der Waals surface area (Å²) in [7, 11) is 3.27. The minimum absolute atomic E-state index is 0.162. The zero-order chi connectivity index (χ0) is 14.3. The molecule has 0 radical (unpaired) electrons. The van der Waals surface area contributed by atoms with Crippen LogP contribution in [-0.4, -0.2) is 44.7 Å². The van der Waals surface area contributed by atoms with Crippen LogP contribution in [0, 0.1) is 5.82 Å². The van der Waals surface area contributed by atoms with E-state index in [1.807, 2.05) is 0 Å². The molecule has 0 bridgehead atoms. The number of carbonyl (C=O) groups excluding carboxylic acids is 1. The number of halogens is 1. The Kier molecular flexibility index (Phi) is 2.94. The molecule has 1 aromatic carbocycles. The van der Waals surface area contributed by atoms with Gasteiger partial charge < -0.3 is 4.90 Å². The minimum Gasteiger partial charge on any atom is -0.342 e. The first-order valence-corrected chi connectivity index (χ1v) is 6.58. The van der Waals surface area contributed by atoms with Gasteiger partial charge in [0.25, 0.3) is 5.91 Å². The van der Waals surface area contributed by atoms with E-state index in [1.54, 1.807) is 26.2 Å². The summed E-state index contributed by atoms with van der Waals surface area (Å²) in [4.78, 5) is 13.9. The Morgan fingerprint density at radius 3 is 2.60 bits per heavy atom. The maximum absolute atomic E-state index is 12.9. The molecule has 20 heavy (non-hydrogen) atoms. The highest BCUT2D eigenvalue weighted by Crippen LogP contribution is 2.25. The normalized spacial score (nSPS) is 10.9. The Morgan fingerprint density at radius 1 is 1.25 bits per heavy atom. The number of benzene rings is 1. The number of carbonyl (C=O) groups is 1. The van der Waals surface area contributed by atoms with Gasteiger partial charge in [0.2, 0.25) is 10.8 Å². The number of aromatic nitrogens is 4. The van der Waals surface area contributed by atoms with Gasteiger partial charge in [-0.3, -0.25) is 4.79 Å². The molecular formula is C12H10FN5OS. The van der Waals surface area contributed by atoms with Crippen molar-refractivity contribution >= 4 is 22.2 Å². The van der Waals surface area contributed by atoms with Crippen molar-refractivity contribution < 1.29 is 9.18 Å². The van der Waals surface area contributed by atoms with Crippen LogP contribution in [0.4, 0.5) is 4.39 Å². The van der Waals surface area contributed by atoms with Gasteiger partial charge in [0, 0.05) is 19.7 Å². The molecule has 6 nitrogen and oxygen atoms in total. The van der Waals surface area contributed by atoms with E-state index in [0.717, 1.165) is 5.56 Å². The number of amides is 1. The van der Waals surface area contributed by atoms with E-state index in [-0.39, 0.29) is 17.5 Å². The molecule has 102 valence electrons. The zero-order valence-corrected chi connectivity index (χ0v) is 11.6. The quantitative estimate of drug-likeness (QED) is 0.721. The fourth-order valence-electron chi connectivity index (χ4n) is 1.66. The maximum Gasteiger partial charge on any atom is 0.293 e. The first-order valence-electron chi connectivity index (χ1n) is 5.76. The molecule has 2 heterocycles. The van der Waals surface area contributed by atoms with Crippen LogP contribution in [0.3, 0.4) is 0 Å². The van der Waals surface area contributed by atoms with E-state index in [4.69, 9.17) is 0 Å². The summed E-state index contributed by atoms with van der Waals surface area (Å²) in [5, 5.41) is 12.7. The lowest BCUT2D eigenvalue weighted by Gasteiger charge is -2.06. The minimum atomic E-state index is -0.305. The smallest absolute Gasteiger partial charge is 0.293 e. The maximum atomic E-state index is 12.9. The number of hydrogen-bond acceptors (Lipinski definition) is 5. The van der Waals surface area contributed by atoms with Crippen LogP contribution >= 0.6 is 11.3 Å². The highest BCUT2D eigenvalue weighted by Gasteiger charge is 2.19. The van der Waals surface area contributed by atoms with Crippen LogP contribution in [0.5, 0.6) is 0 Å². The molecule has 0 saturated carbocycles. The Morgan fingerprint density at radius 2 is 1.95 bits per heavy atom. The van der Waals surface area contributed by atoms with E-state index in [2.05, 4.69) is 15.3 Å². The lowest BCUT2D eigenvalue weighted by molar-refractivity contribution is 0.0813. The third-order valence-electron chi connectivity index (χ3n) is 2.68. The van der Waals surface area contributed by atoms with Crippen LogP contribution in [0.15, 0.2) is 24.3 Å². The standard InChI is InChI=1S/C12H10FN5OS/c1-17(2)11(19)9-14-15-12-18(9)16-10(20-12)7-3-5-8(13)6-4-7/h3-6H,1-2H3. The third kappa shape index (κ3) is 2.03. The molecule has 0 unspecified atom stereocenters. The molecule has 0 N–H and O–H groups in total. The van der Waals surface area contributed by atoms with Gasteiger partial charge in [0.1, 0.15) is 10.8 Å². The Bertz CT molecular complexity index is 777. The van der Waals surface area contributed by atoms with Crippen LogP contribution in [0.2, 0.25) is 0 Å². The van der Waals surface area contributed by atoms with Crippen molar-refractivity contribution in [1.82, 2.24) is 24.7 Å². The second kappa shape index (κ2) is 4.64. The highest BCUT2D eigenvalue weighted by molar-refractivity contribution is 7.19. The molecule has 0 aliphatic rings. The topological polar surface area (TPSA) is 63.4 Å². The summed E-state index contributed by atoms with van der Waals surface area (Å²) in [6, 6.07) is 6.00. The van der Waals surface area contributed by atoms with Crippen LogP contribution < -0.4 is 0 Å². The van der Waals surface area contributed by atoms with Crippen LogP contribution in [0.1, 0.15) is 10.6 Å². The van der Waals surface area contributed by atoms with Crippen molar-refractivity contribution in [2.45, 2.75) is 0 Å². The molecule has 0 spiro atoms. The largest absolute Gasteiger partial charge is 0.342 e. The number of hydrogen-bond donors (Lipinski definition) is 0. The predicted molar refractivity (Wildman–Crippen MR) is 72.1 cm³/mol. The predicted octanol–water partition coefficient (Wildman–Crippen LogP) is 1.69. The van der Waals surface area contributed by atoms with Gasteiger partial charge in [-0.25, -0.2) is 4.39 Å². The van der Waals surface area contributed by atoms with Gasteiger partial charge in [0.15, 0.2) is 0 Å². The summed E-state index contributed by atoms with van der Waals surface area (Å²) in [6.07, 6.45) is 0. The van der Waals surface area contributed by atoms with Gasteiger partial charge in [-0.05, 0) is 24.3 Å². The summed E-state index contributed by atoms with van der Waals surface area (Å²) >= 11 is 1.29. The van der Waals surface area contributed by atoms with Crippen molar-refractivity contribution in [2.24, 2.45) is 0 Å². The fourth-order valence-corrected chi connectivity index (χ4v) is 2.50. The second-order valence-corrected chi connectivity index (χ2v) is 5.29. The highest BCUT2D eigenvalue weighted by atomic mass is 32.1. The lowest BCUT2D eigenvalue weighted by Crippen LogP contribution is -2.24. The number of fused-ring (bicyclic) bond motifs is 1. The molecule has 2 aromatic heterocycles.